The first-order valence-electron chi connectivity index (χ1n) is 6.33. The first kappa shape index (κ1) is 14.0. The van der Waals surface area contributed by atoms with Crippen LogP contribution in [0.25, 0.3) is 0 Å². The summed E-state index contributed by atoms with van der Waals surface area (Å²) in [7, 11) is 0. The molecule has 0 fully saturated rings. The molecule has 1 aromatic carbocycles. The Bertz CT molecular complexity index is 309. The van der Waals surface area contributed by atoms with E-state index in [4.69, 9.17) is 10.5 Å². The molecular formula is C14H24N2O. The van der Waals surface area contributed by atoms with E-state index in [-0.39, 0.29) is 6.04 Å². The molecule has 96 valence electrons. The minimum Gasteiger partial charge on any atom is -0.494 e. The fraction of sp³-hybridized carbons (Fsp3) is 0.571. The van der Waals surface area contributed by atoms with Crippen LogP contribution in [0.15, 0.2) is 24.3 Å². The summed E-state index contributed by atoms with van der Waals surface area (Å²) < 4.78 is 5.42. The largest absolute Gasteiger partial charge is 0.494 e. The molecule has 3 N–H and O–H groups in total. The number of hydrogen-bond donors (Lipinski definition) is 2. The minimum absolute atomic E-state index is 0.230. The predicted molar refractivity (Wildman–Crippen MR) is 72.2 cm³/mol. The van der Waals surface area contributed by atoms with Crippen LogP contribution in [0.1, 0.15) is 32.4 Å². The van der Waals surface area contributed by atoms with Crippen LogP contribution < -0.4 is 15.8 Å². The number of nitrogens with one attached hydrogen (secondary N) is 1. The molecule has 0 aliphatic carbocycles. The topological polar surface area (TPSA) is 47.3 Å². The second kappa shape index (κ2) is 7.30. The second-order valence-electron chi connectivity index (χ2n) is 4.59. The maximum Gasteiger partial charge on any atom is 0.119 e. The highest BCUT2D eigenvalue weighted by Crippen LogP contribution is 2.17. The van der Waals surface area contributed by atoms with Gasteiger partial charge in [-0.15, -0.1) is 0 Å². The summed E-state index contributed by atoms with van der Waals surface area (Å²) in [5.74, 6) is 1.54. The van der Waals surface area contributed by atoms with Gasteiger partial charge in [0.2, 0.25) is 0 Å². The van der Waals surface area contributed by atoms with Gasteiger partial charge in [0, 0.05) is 12.6 Å². The minimum atomic E-state index is 0.230. The van der Waals surface area contributed by atoms with Gasteiger partial charge >= 0.3 is 0 Å². The molecular weight excluding hydrogens is 212 g/mol. The molecule has 0 saturated carbocycles. The van der Waals surface area contributed by atoms with Crippen LogP contribution in [0.2, 0.25) is 0 Å². The summed E-state index contributed by atoms with van der Waals surface area (Å²) in [5.41, 5.74) is 7.01. The SMILES string of the molecule is CCOc1ccc(C(CN)NCC(C)C)cc1. The fourth-order valence-electron chi connectivity index (χ4n) is 1.68. The summed E-state index contributed by atoms with van der Waals surface area (Å²) in [6, 6.07) is 8.39. The van der Waals surface area contributed by atoms with Crippen LogP contribution in [0.5, 0.6) is 5.75 Å². The Morgan fingerprint density at radius 3 is 2.35 bits per heavy atom. The van der Waals surface area contributed by atoms with Crippen molar-refractivity contribution in [3.8, 4) is 5.75 Å². The number of nitrogens with two attached hydrogens (primary N) is 1. The Morgan fingerprint density at radius 2 is 1.88 bits per heavy atom. The highest BCUT2D eigenvalue weighted by Gasteiger charge is 2.09. The van der Waals surface area contributed by atoms with Gasteiger partial charge in [0.1, 0.15) is 5.75 Å². The lowest BCUT2D eigenvalue weighted by atomic mass is 10.1. The molecule has 1 atom stereocenters. The van der Waals surface area contributed by atoms with Crippen molar-refractivity contribution in [1.82, 2.24) is 5.32 Å². The van der Waals surface area contributed by atoms with Gasteiger partial charge in [-0.25, -0.2) is 0 Å². The zero-order chi connectivity index (χ0) is 12.7. The van der Waals surface area contributed by atoms with E-state index in [9.17, 15) is 0 Å². The standard InChI is InChI=1S/C14H24N2O/c1-4-17-13-7-5-12(6-8-13)14(9-15)16-10-11(2)3/h5-8,11,14,16H,4,9-10,15H2,1-3H3. The maximum absolute atomic E-state index is 5.79. The Labute approximate surface area is 104 Å². The van der Waals surface area contributed by atoms with Crippen molar-refractivity contribution >= 4 is 0 Å². The summed E-state index contributed by atoms with van der Waals surface area (Å²) >= 11 is 0. The van der Waals surface area contributed by atoms with Gasteiger partial charge in [-0.1, -0.05) is 26.0 Å². The van der Waals surface area contributed by atoms with Gasteiger partial charge in [0.15, 0.2) is 0 Å². The summed E-state index contributed by atoms with van der Waals surface area (Å²) in [5, 5.41) is 3.47. The number of hydrogen-bond acceptors (Lipinski definition) is 3. The van der Waals surface area contributed by atoms with E-state index < -0.39 is 0 Å². The van der Waals surface area contributed by atoms with Crippen molar-refractivity contribution in [3.05, 3.63) is 29.8 Å². The van der Waals surface area contributed by atoms with Crippen molar-refractivity contribution in [3.63, 3.8) is 0 Å². The van der Waals surface area contributed by atoms with Crippen molar-refractivity contribution in [2.75, 3.05) is 19.7 Å². The molecule has 0 radical (unpaired) electrons. The first-order chi connectivity index (χ1) is 8.17. The van der Waals surface area contributed by atoms with Gasteiger partial charge in [-0.3, -0.25) is 0 Å². The van der Waals surface area contributed by atoms with Crippen LogP contribution in [-0.2, 0) is 0 Å². The van der Waals surface area contributed by atoms with Gasteiger partial charge in [-0.05, 0) is 37.1 Å². The zero-order valence-corrected chi connectivity index (χ0v) is 11.1. The van der Waals surface area contributed by atoms with Crippen molar-refractivity contribution < 1.29 is 4.74 Å². The molecule has 3 heteroatoms. The summed E-state index contributed by atoms with van der Waals surface area (Å²) in [6.45, 7) is 8.67. The zero-order valence-electron chi connectivity index (χ0n) is 11.1. The molecule has 0 aliphatic rings. The van der Waals surface area contributed by atoms with E-state index in [2.05, 4.69) is 31.3 Å². The molecule has 0 saturated heterocycles. The van der Waals surface area contributed by atoms with Crippen LogP contribution in [-0.4, -0.2) is 19.7 Å². The van der Waals surface area contributed by atoms with E-state index in [0.29, 0.717) is 19.1 Å². The average Bonchev–Trinajstić information content (AvgIpc) is 2.32. The Kier molecular flexibility index (Phi) is 6.01. The lowest BCUT2D eigenvalue weighted by Gasteiger charge is -2.19. The van der Waals surface area contributed by atoms with Gasteiger partial charge in [0.05, 0.1) is 6.61 Å². The molecule has 0 heterocycles. The molecule has 1 rings (SSSR count). The molecule has 3 nitrogen and oxygen atoms in total. The van der Waals surface area contributed by atoms with Crippen molar-refractivity contribution in [1.29, 1.82) is 0 Å². The third-order valence-corrected chi connectivity index (χ3v) is 2.60. The van der Waals surface area contributed by atoms with E-state index in [1.807, 2.05) is 19.1 Å². The molecule has 1 unspecified atom stereocenters. The van der Waals surface area contributed by atoms with Crippen molar-refractivity contribution in [2.24, 2.45) is 11.7 Å². The monoisotopic (exact) mass is 236 g/mol. The molecule has 17 heavy (non-hydrogen) atoms. The third kappa shape index (κ3) is 4.75. The number of rotatable bonds is 7. The van der Waals surface area contributed by atoms with Gasteiger partial charge in [-0.2, -0.15) is 0 Å². The smallest absolute Gasteiger partial charge is 0.119 e. The lowest BCUT2D eigenvalue weighted by Crippen LogP contribution is -2.30. The predicted octanol–water partition coefficient (Wildman–Crippen LogP) is 2.33. The molecule has 0 spiro atoms. The highest BCUT2D eigenvalue weighted by atomic mass is 16.5. The normalized spacial score (nSPS) is 12.8. The maximum atomic E-state index is 5.79. The molecule has 0 amide bonds. The number of ether oxygens (including phenoxy) is 1. The number of benzene rings is 1. The Balaban J connectivity index is 2.61. The van der Waals surface area contributed by atoms with Crippen LogP contribution in [0.3, 0.4) is 0 Å². The Hall–Kier alpha value is -1.06. The van der Waals surface area contributed by atoms with E-state index in [1.165, 1.54) is 5.56 Å². The molecule has 1 aromatic rings. The Morgan fingerprint density at radius 1 is 1.24 bits per heavy atom. The molecule has 0 aliphatic heterocycles. The van der Waals surface area contributed by atoms with E-state index in [1.54, 1.807) is 0 Å². The summed E-state index contributed by atoms with van der Waals surface area (Å²) in [6.07, 6.45) is 0. The lowest BCUT2D eigenvalue weighted by molar-refractivity contribution is 0.340. The molecule has 0 aromatic heterocycles. The van der Waals surface area contributed by atoms with Crippen molar-refractivity contribution in [2.45, 2.75) is 26.8 Å². The van der Waals surface area contributed by atoms with Gasteiger partial charge in [0.25, 0.3) is 0 Å². The van der Waals surface area contributed by atoms with Crippen LogP contribution >= 0.6 is 0 Å². The average molecular weight is 236 g/mol. The van der Waals surface area contributed by atoms with Crippen LogP contribution in [0, 0.1) is 5.92 Å². The third-order valence-electron chi connectivity index (χ3n) is 2.60. The molecule has 0 bridgehead atoms. The fourth-order valence-corrected chi connectivity index (χ4v) is 1.68. The van der Waals surface area contributed by atoms with Gasteiger partial charge < -0.3 is 15.8 Å². The van der Waals surface area contributed by atoms with Crippen LogP contribution in [0.4, 0.5) is 0 Å². The summed E-state index contributed by atoms with van der Waals surface area (Å²) in [4.78, 5) is 0. The highest BCUT2D eigenvalue weighted by molar-refractivity contribution is 5.29. The van der Waals surface area contributed by atoms with E-state index >= 15 is 0 Å². The van der Waals surface area contributed by atoms with E-state index in [0.717, 1.165) is 12.3 Å². The quantitative estimate of drug-likeness (QED) is 0.764. The first-order valence-corrected chi connectivity index (χ1v) is 6.33. The second-order valence-corrected chi connectivity index (χ2v) is 4.59.